The molecule has 9 nitrogen and oxygen atoms in total. The lowest BCUT2D eigenvalue weighted by Crippen LogP contribution is -2.47. The summed E-state index contributed by atoms with van der Waals surface area (Å²) in [5.74, 6) is -2.91. The first-order valence-electron chi connectivity index (χ1n) is 7.95. The molecule has 0 aliphatic carbocycles. The molecule has 9 heteroatoms. The third kappa shape index (κ3) is 4.21. The number of carbonyl (C=O) groups is 3. The first-order chi connectivity index (χ1) is 13.1. The average Bonchev–Trinajstić information content (AvgIpc) is 3.18. The summed E-state index contributed by atoms with van der Waals surface area (Å²) in [6.07, 6.45) is 6.06. The van der Waals surface area contributed by atoms with Gasteiger partial charge in [0.15, 0.2) is 0 Å². The molecular formula is C18H15N5O4. The van der Waals surface area contributed by atoms with Crippen LogP contribution in [0.1, 0.15) is 16.1 Å². The second-order valence-electron chi connectivity index (χ2n) is 5.60. The Bertz CT molecular complexity index is 956. The number of nitrogens with one attached hydrogen (secondary N) is 1. The van der Waals surface area contributed by atoms with Gasteiger partial charge in [0.1, 0.15) is 6.04 Å². The lowest BCUT2D eigenvalue weighted by molar-refractivity contribution is -0.137. The van der Waals surface area contributed by atoms with Gasteiger partial charge in [-0.15, -0.1) is 0 Å². The zero-order valence-corrected chi connectivity index (χ0v) is 14.0. The molecule has 0 aromatic carbocycles. The number of Topliss-reactive ketones (excluding diaryl/α,β-unsaturated/α-hetero) is 1. The van der Waals surface area contributed by atoms with Crippen molar-refractivity contribution >= 4 is 17.6 Å². The van der Waals surface area contributed by atoms with Gasteiger partial charge >= 0.3 is 0 Å². The lowest BCUT2D eigenvalue weighted by atomic mass is 10.0. The maximum Gasteiger partial charge on any atom is 0.291 e. The standard InChI is InChI=1S/C18H15N5O4/c19-17(25)15(24)14(8-11-4-3-6-20-9-11)23-18(26)16-12(10-22-27-16)13-5-1-2-7-21-13/h1-7,9-10,14H,8H2,(H2,19,25)(H,23,26). The van der Waals surface area contributed by atoms with Crippen molar-refractivity contribution in [2.24, 2.45) is 5.73 Å². The molecule has 3 rings (SSSR count). The van der Waals surface area contributed by atoms with E-state index in [1.165, 1.54) is 12.4 Å². The zero-order valence-electron chi connectivity index (χ0n) is 14.0. The average molecular weight is 365 g/mol. The molecule has 3 aromatic rings. The lowest BCUT2D eigenvalue weighted by Gasteiger charge is -2.15. The first-order valence-corrected chi connectivity index (χ1v) is 7.95. The number of amides is 2. The molecule has 0 saturated heterocycles. The molecular weight excluding hydrogens is 350 g/mol. The first kappa shape index (κ1) is 17.9. The van der Waals surface area contributed by atoms with E-state index in [-0.39, 0.29) is 12.2 Å². The summed E-state index contributed by atoms with van der Waals surface area (Å²) in [6, 6.07) is 7.39. The van der Waals surface area contributed by atoms with Crippen LogP contribution in [0, 0.1) is 0 Å². The number of aromatic nitrogens is 3. The van der Waals surface area contributed by atoms with Gasteiger partial charge in [0.05, 0.1) is 17.5 Å². The number of nitrogens with two attached hydrogens (primary N) is 1. The van der Waals surface area contributed by atoms with Crippen LogP contribution in [0.25, 0.3) is 11.3 Å². The number of primary amides is 1. The molecule has 0 aliphatic heterocycles. The van der Waals surface area contributed by atoms with E-state index in [0.717, 1.165) is 0 Å². The fraction of sp³-hybridized carbons (Fsp3) is 0.111. The normalized spacial score (nSPS) is 11.6. The Morgan fingerprint density at radius 1 is 1.11 bits per heavy atom. The second-order valence-corrected chi connectivity index (χ2v) is 5.60. The number of carbonyl (C=O) groups excluding carboxylic acids is 3. The topological polar surface area (TPSA) is 141 Å². The highest BCUT2D eigenvalue weighted by Gasteiger charge is 2.28. The molecule has 1 unspecified atom stereocenters. The van der Waals surface area contributed by atoms with Crippen molar-refractivity contribution in [3.8, 4) is 11.3 Å². The SMILES string of the molecule is NC(=O)C(=O)C(Cc1cccnc1)NC(=O)c1oncc1-c1ccccn1. The predicted molar refractivity (Wildman–Crippen MR) is 93.1 cm³/mol. The number of nitrogens with zero attached hydrogens (tertiary/aromatic N) is 3. The number of pyridine rings is 2. The number of hydrogen-bond acceptors (Lipinski definition) is 7. The van der Waals surface area contributed by atoms with Crippen LogP contribution in [0.15, 0.2) is 59.6 Å². The Morgan fingerprint density at radius 3 is 2.63 bits per heavy atom. The van der Waals surface area contributed by atoms with Crippen LogP contribution in [0.2, 0.25) is 0 Å². The summed E-state index contributed by atoms with van der Waals surface area (Å²) in [7, 11) is 0. The van der Waals surface area contributed by atoms with Crippen molar-refractivity contribution in [2.75, 3.05) is 0 Å². The highest BCUT2D eigenvalue weighted by Crippen LogP contribution is 2.21. The third-order valence-corrected chi connectivity index (χ3v) is 3.74. The van der Waals surface area contributed by atoms with Gasteiger partial charge in [0, 0.05) is 25.0 Å². The van der Waals surface area contributed by atoms with Crippen LogP contribution in [-0.2, 0) is 16.0 Å². The van der Waals surface area contributed by atoms with Crippen LogP contribution in [0.4, 0.5) is 0 Å². The van der Waals surface area contributed by atoms with Crippen molar-refractivity contribution in [2.45, 2.75) is 12.5 Å². The molecule has 1 atom stereocenters. The van der Waals surface area contributed by atoms with Gasteiger partial charge in [-0.2, -0.15) is 0 Å². The van der Waals surface area contributed by atoms with Crippen molar-refractivity contribution in [3.63, 3.8) is 0 Å². The van der Waals surface area contributed by atoms with Gasteiger partial charge in [0.2, 0.25) is 11.5 Å². The van der Waals surface area contributed by atoms with E-state index in [0.29, 0.717) is 16.8 Å². The van der Waals surface area contributed by atoms with Crippen LogP contribution >= 0.6 is 0 Å². The fourth-order valence-corrected chi connectivity index (χ4v) is 2.47. The van der Waals surface area contributed by atoms with Crippen molar-refractivity contribution < 1.29 is 18.9 Å². The van der Waals surface area contributed by atoms with E-state index in [2.05, 4.69) is 20.4 Å². The highest BCUT2D eigenvalue weighted by atomic mass is 16.5. The van der Waals surface area contributed by atoms with Gasteiger partial charge in [-0.1, -0.05) is 17.3 Å². The Morgan fingerprint density at radius 2 is 1.96 bits per heavy atom. The zero-order chi connectivity index (χ0) is 19.2. The second kappa shape index (κ2) is 8.00. The minimum absolute atomic E-state index is 0.0500. The number of hydrogen-bond donors (Lipinski definition) is 2. The minimum atomic E-state index is -1.17. The summed E-state index contributed by atoms with van der Waals surface area (Å²) in [4.78, 5) is 44.2. The monoisotopic (exact) mass is 365 g/mol. The fourth-order valence-electron chi connectivity index (χ4n) is 2.47. The van der Waals surface area contributed by atoms with E-state index in [1.54, 1.807) is 42.7 Å². The van der Waals surface area contributed by atoms with E-state index in [4.69, 9.17) is 10.3 Å². The van der Waals surface area contributed by atoms with Crippen LogP contribution in [0.5, 0.6) is 0 Å². The largest absolute Gasteiger partial charge is 0.363 e. The quantitative estimate of drug-likeness (QED) is 0.582. The smallest absolute Gasteiger partial charge is 0.291 e. The number of rotatable bonds is 7. The van der Waals surface area contributed by atoms with Gasteiger partial charge < -0.3 is 15.6 Å². The molecule has 0 saturated carbocycles. The summed E-state index contributed by atoms with van der Waals surface area (Å²) >= 11 is 0. The molecule has 0 bridgehead atoms. The minimum Gasteiger partial charge on any atom is -0.363 e. The van der Waals surface area contributed by atoms with E-state index in [1.807, 2.05) is 0 Å². The molecule has 2 amide bonds. The summed E-state index contributed by atoms with van der Waals surface area (Å²) < 4.78 is 5.03. The number of ketones is 1. The molecule has 136 valence electrons. The molecule has 0 spiro atoms. The van der Waals surface area contributed by atoms with Gasteiger partial charge in [-0.3, -0.25) is 24.4 Å². The molecule has 0 radical (unpaired) electrons. The van der Waals surface area contributed by atoms with Gasteiger partial charge in [-0.05, 0) is 23.8 Å². The summed E-state index contributed by atoms with van der Waals surface area (Å²) in [5.41, 5.74) is 6.60. The Balaban J connectivity index is 1.84. The van der Waals surface area contributed by atoms with Crippen molar-refractivity contribution in [1.82, 2.24) is 20.4 Å². The third-order valence-electron chi connectivity index (χ3n) is 3.74. The van der Waals surface area contributed by atoms with Crippen LogP contribution < -0.4 is 11.1 Å². The highest BCUT2D eigenvalue weighted by molar-refractivity contribution is 6.38. The Kier molecular flexibility index (Phi) is 5.31. The maximum atomic E-state index is 12.6. The maximum absolute atomic E-state index is 12.6. The molecule has 0 aliphatic rings. The Hall–Kier alpha value is -3.88. The van der Waals surface area contributed by atoms with Crippen molar-refractivity contribution in [1.29, 1.82) is 0 Å². The van der Waals surface area contributed by atoms with Crippen LogP contribution in [0.3, 0.4) is 0 Å². The molecule has 27 heavy (non-hydrogen) atoms. The van der Waals surface area contributed by atoms with Crippen LogP contribution in [-0.4, -0.2) is 38.8 Å². The molecule has 3 aromatic heterocycles. The van der Waals surface area contributed by atoms with E-state index >= 15 is 0 Å². The van der Waals surface area contributed by atoms with Crippen molar-refractivity contribution in [3.05, 3.63) is 66.4 Å². The van der Waals surface area contributed by atoms with E-state index in [9.17, 15) is 14.4 Å². The molecule has 3 heterocycles. The molecule has 3 N–H and O–H groups in total. The van der Waals surface area contributed by atoms with Gasteiger partial charge in [0.25, 0.3) is 11.8 Å². The Labute approximate surface area is 153 Å². The summed E-state index contributed by atoms with van der Waals surface area (Å²) in [6.45, 7) is 0. The summed E-state index contributed by atoms with van der Waals surface area (Å²) in [5, 5.41) is 6.11. The predicted octanol–water partition coefficient (Wildman–Crippen LogP) is 0.527. The molecule has 0 fully saturated rings. The van der Waals surface area contributed by atoms with E-state index < -0.39 is 23.6 Å². The van der Waals surface area contributed by atoms with Gasteiger partial charge in [-0.25, -0.2) is 0 Å².